The van der Waals surface area contributed by atoms with Crippen LogP contribution in [0.5, 0.6) is 0 Å². The number of hydrogen-bond donors (Lipinski definition) is 2. The van der Waals surface area contributed by atoms with Gasteiger partial charge in [-0.25, -0.2) is 0 Å². The van der Waals surface area contributed by atoms with Gasteiger partial charge in [0.2, 0.25) is 5.91 Å². The average molecular weight is 303 g/mol. The van der Waals surface area contributed by atoms with Crippen LogP contribution in [0.1, 0.15) is 17.5 Å². The second kappa shape index (κ2) is 7.70. The van der Waals surface area contributed by atoms with Crippen LogP contribution in [0.3, 0.4) is 0 Å². The number of nitrogens with one attached hydrogen (secondary N) is 2. The van der Waals surface area contributed by atoms with Crippen molar-refractivity contribution in [3.05, 3.63) is 64.7 Å². The Kier molecular flexibility index (Phi) is 5.64. The van der Waals surface area contributed by atoms with Crippen molar-refractivity contribution in [2.24, 2.45) is 0 Å². The normalized spacial score (nSPS) is 10.2. The lowest BCUT2D eigenvalue weighted by atomic mass is 10.2. The van der Waals surface area contributed by atoms with Gasteiger partial charge in [0, 0.05) is 30.2 Å². The lowest BCUT2D eigenvalue weighted by molar-refractivity contribution is -0.121. The third kappa shape index (κ3) is 5.12. The molecule has 0 aliphatic carbocycles. The minimum Gasteiger partial charge on any atom is -0.384 e. The van der Waals surface area contributed by atoms with E-state index >= 15 is 0 Å². The van der Waals surface area contributed by atoms with Crippen LogP contribution in [-0.4, -0.2) is 12.5 Å². The van der Waals surface area contributed by atoms with Crippen molar-refractivity contribution in [2.75, 3.05) is 11.9 Å². The zero-order chi connectivity index (χ0) is 15.1. The van der Waals surface area contributed by atoms with Gasteiger partial charge in [-0.15, -0.1) is 0 Å². The molecule has 2 aromatic carbocycles. The van der Waals surface area contributed by atoms with Gasteiger partial charge in [0.25, 0.3) is 0 Å². The number of amides is 1. The maximum Gasteiger partial charge on any atom is 0.222 e. The first-order chi connectivity index (χ1) is 10.1. The molecule has 110 valence electrons. The number of hydrogen-bond acceptors (Lipinski definition) is 2. The number of anilines is 1. The van der Waals surface area contributed by atoms with E-state index in [4.69, 9.17) is 11.6 Å². The smallest absolute Gasteiger partial charge is 0.222 e. The molecule has 1 amide bonds. The maximum atomic E-state index is 11.8. The summed E-state index contributed by atoms with van der Waals surface area (Å²) in [7, 11) is 0. The first-order valence-corrected chi connectivity index (χ1v) is 7.33. The predicted molar refractivity (Wildman–Crippen MR) is 87.6 cm³/mol. The Hall–Kier alpha value is -2.00. The van der Waals surface area contributed by atoms with E-state index in [1.807, 2.05) is 55.5 Å². The van der Waals surface area contributed by atoms with E-state index in [0.29, 0.717) is 24.5 Å². The molecule has 0 bridgehead atoms. The van der Waals surface area contributed by atoms with Crippen LogP contribution in [0.25, 0.3) is 0 Å². The number of halogens is 1. The van der Waals surface area contributed by atoms with Crippen molar-refractivity contribution in [1.82, 2.24) is 5.32 Å². The number of rotatable bonds is 6. The minimum absolute atomic E-state index is 0.0334. The standard InChI is InChI=1S/C17H19ClN2O/c1-13-7-8-15(18)11-16(13)19-10-9-17(21)20-12-14-5-3-2-4-6-14/h2-8,11,19H,9-10,12H2,1H3,(H,20,21). The number of carbonyl (C=O) groups is 1. The number of aryl methyl sites for hydroxylation is 1. The number of benzene rings is 2. The summed E-state index contributed by atoms with van der Waals surface area (Å²) in [6.45, 7) is 3.16. The molecule has 21 heavy (non-hydrogen) atoms. The summed E-state index contributed by atoms with van der Waals surface area (Å²) in [5, 5.41) is 6.84. The van der Waals surface area contributed by atoms with Crippen molar-refractivity contribution in [1.29, 1.82) is 0 Å². The third-order valence-electron chi connectivity index (χ3n) is 3.20. The summed E-state index contributed by atoms with van der Waals surface area (Å²) >= 11 is 5.96. The molecule has 0 heterocycles. The summed E-state index contributed by atoms with van der Waals surface area (Å²) in [6.07, 6.45) is 0.429. The van der Waals surface area contributed by atoms with Crippen molar-refractivity contribution in [3.8, 4) is 0 Å². The molecule has 0 radical (unpaired) electrons. The van der Waals surface area contributed by atoms with Gasteiger partial charge >= 0.3 is 0 Å². The first-order valence-electron chi connectivity index (χ1n) is 6.96. The van der Waals surface area contributed by atoms with Gasteiger partial charge in [-0.05, 0) is 30.2 Å². The fourth-order valence-electron chi connectivity index (χ4n) is 1.98. The Morgan fingerprint density at radius 2 is 1.90 bits per heavy atom. The van der Waals surface area contributed by atoms with Crippen LogP contribution in [0.2, 0.25) is 5.02 Å². The lowest BCUT2D eigenvalue weighted by Crippen LogP contribution is -2.24. The molecule has 0 atom stereocenters. The zero-order valence-electron chi connectivity index (χ0n) is 12.0. The summed E-state index contributed by atoms with van der Waals surface area (Å²) in [5.74, 6) is 0.0334. The molecule has 0 spiro atoms. The summed E-state index contributed by atoms with van der Waals surface area (Å²) in [5.41, 5.74) is 3.19. The van der Waals surface area contributed by atoms with E-state index in [1.54, 1.807) is 0 Å². The van der Waals surface area contributed by atoms with Crippen LogP contribution in [0.15, 0.2) is 48.5 Å². The highest BCUT2D eigenvalue weighted by Crippen LogP contribution is 2.19. The molecular weight excluding hydrogens is 284 g/mol. The number of carbonyl (C=O) groups excluding carboxylic acids is 1. The monoisotopic (exact) mass is 302 g/mol. The van der Waals surface area contributed by atoms with Crippen LogP contribution in [0.4, 0.5) is 5.69 Å². The molecule has 0 aliphatic heterocycles. The average Bonchev–Trinajstić information content (AvgIpc) is 2.50. The molecular formula is C17H19ClN2O. The Bertz CT molecular complexity index is 599. The van der Waals surface area contributed by atoms with Crippen molar-refractivity contribution < 1.29 is 4.79 Å². The molecule has 0 unspecified atom stereocenters. The van der Waals surface area contributed by atoms with E-state index < -0.39 is 0 Å². The molecule has 0 saturated carbocycles. The highest BCUT2D eigenvalue weighted by Gasteiger charge is 2.03. The van der Waals surface area contributed by atoms with Gasteiger partial charge in [-0.2, -0.15) is 0 Å². The van der Waals surface area contributed by atoms with Crippen molar-refractivity contribution in [2.45, 2.75) is 19.9 Å². The van der Waals surface area contributed by atoms with Crippen LogP contribution >= 0.6 is 11.6 Å². The summed E-state index contributed by atoms with van der Waals surface area (Å²) in [6, 6.07) is 15.6. The third-order valence-corrected chi connectivity index (χ3v) is 3.43. The first kappa shape index (κ1) is 15.4. The quantitative estimate of drug-likeness (QED) is 0.853. The SMILES string of the molecule is Cc1ccc(Cl)cc1NCCC(=O)NCc1ccccc1. The molecule has 2 aromatic rings. The highest BCUT2D eigenvalue weighted by molar-refractivity contribution is 6.30. The fraction of sp³-hybridized carbons (Fsp3) is 0.235. The Morgan fingerprint density at radius 3 is 2.67 bits per heavy atom. The Labute approximate surface area is 130 Å². The van der Waals surface area contributed by atoms with E-state index in [1.165, 1.54) is 0 Å². The van der Waals surface area contributed by atoms with Gasteiger partial charge in [-0.1, -0.05) is 48.0 Å². The van der Waals surface area contributed by atoms with Gasteiger partial charge in [0.15, 0.2) is 0 Å². The Morgan fingerprint density at radius 1 is 1.14 bits per heavy atom. The van der Waals surface area contributed by atoms with Gasteiger partial charge < -0.3 is 10.6 Å². The molecule has 2 N–H and O–H groups in total. The summed E-state index contributed by atoms with van der Waals surface area (Å²) in [4.78, 5) is 11.8. The van der Waals surface area contributed by atoms with E-state index in [2.05, 4.69) is 10.6 Å². The zero-order valence-corrected chi connectivity index (χ0v) is 12.8. The second-order valence-corrected chi connectivity index (χ2v) is 5.33. The van der Waals surface area contributed by atoms with E-state index in [9.17, 15) is 4.79 Å². The van der Waals surface area contributed by atoms with Crippen molar-refractivity contribution in [3.63, 3.8) is 0 Å². The molecule has 0 aromatic heterocycles. The maximum absolute atomic E-state index is 11.8. The van der Waals surface area contributed by atoms with Gasteiger partial charge in [-0.3, -0.25) is 4.79 Å². The lowest BCUT2D eigenvalue weighted by Gasteiger charge is -2.10. The molecule has 4 heteroatoms. The summed E-state index contributed by atoms with van der Waals surface area (Å²) < 4.78 is 0. The highest BCUT2D eigenvalue weighted by atomic mass is 35.5. The molecule has 0 aliphatic rings. The molecule has 0 fully saturated rings. The van der Waals surface area contributed by atoms with Gasteiger partial charge in [0.05, 0.1) is 0 Å². The van der Waals surface area contributed by atoms with Crippen LogP contribution < -0.4 is 10.6 Å². The molecule has 2 rings (SSSR count). The Balaban J connectivity index is 1.73. The van der Waals surface area contributed by atoms with Crippen molar-refractivity contribution >= 4 is 23.2 Å². The largest absolute Gasteiger partial charge is 0.384 e. The van der Waals surface area contributed by atoms with Crippen LogP contribution in [0, 0.1) is 6.92 Å². The van der Waals surface area contributed by atoms with Gasteiger partial charge in [0.1, 0.15) is 0 Å². The van der Waals surface area contributed by atoms with E-state index in [0.717, 1.165) is 16.8 Å². The van der Waals surface area contributed by atoms with E-state index in [-0.39, 0.29) is 5.91 Å². The predicted octanol–water partition coefficient (Wildman–Crippen LogP) is 3.77. The minimum atomic E-state index is 0.0334. The fourth-order valence-corrected chi connectivity index (χ4v) is 2.15. The molecule has 3 nitrogen and oxygen atoms in total. The molecule has 0 saturated heterocycles. The second-order valence-electron chi connectivity index (χ2n) is 4.90. The van der Waals surface area contributed by atoms with Crippen LogP contribution in [-0.2, 0) is 11.3 Å². The topological polar surface area (TPSA) is 41.1 Å².